The zero-order valence-electron chi connectivity index (χ0n) is 15.7. The molecule has 1 atom stereocenters. The second-order valence-corrected chi connectivity index (χ2v) is 7.22. The number of carbonyl (C=O) groups excluding carboxylic acids is 2. The van der Waals surface area contributed by atoms with Gasteiger partial charge >= 0.3 is 0 Å². The lowest BCUT2D eigenvalue weighted by Crippen LogP contribution is -2.21. The number of fused-ring (bicyclic) bond motifs is 1. The number of aromatic amines is 1. The van der Waals surface area contributed by atoms with Crippen molar-refractivity contribution in [1.82, 2.24) is 15.0 Å². The molecule has 0 fully saturated rings. The van der Waals surface area contributed by atoms with Gasteiger partial charge in [0.05, 0.1) is 22.5 Å². The summed E-state index contributed by atoms with van der Waals surface area (Å²) in [5.41, 5.74) is 4.96. The fourth-order valence-corrected chi connectivity index (χ4v) is 3.66. The molecule has 2 aromatic heterocycles. The van der Waals surface area contributed by atoms with Crippen LogP contribution in [-0.4, -0.2) is 26.8 Å². The third kappa shape index (κ3) is 4.17. The number of hydrogen-bond acceptors (Lipinski definition) is 5. The normalized spacial score (nSPS) is 11.9. The first-order valence-corrected chi connectivity index (χ1v) is 10.1. The van der Waals surface area contributed by atoms with Crippen LogP contribution in [0.4, 0.5) is 11.6 Å². The molecule has 0 aliphatic rings. The number of H-pyrrole nitrogens is 1. The average molecular weight is 405 g/mol. The van der Waals surface area contributed by atoms with E-state index in [-0.39, 0.29) is 17.7 Å². The Labute approximate surface area is 171 Å². The molecule has 7 nitrogen and oxygen atoms in total. The Morgan fingerprint density at radius 3 is 2.69 bits per heavy atom. The van der Waals surface area contributed by atoms with Crippen LogP contribution in [0.2, 0.25) is 0 Å². The van der Waals surface area contributed by atoms with Crippen molar-refractivity contribution in [1.29, 1.82) is 0 Å². The van der Waals surface area contributed by atoms with E-state index >= 15 is 0 Å². The topological polar surface area (TPSA) is 99.8 Å². The molecule has 3 N–H and O–H groups in total. The fourth-order valence-electron chi connectivity index (χ4n) is 3.12. The van der Waals surface area contributed by atoms with Crippen LogP contribution in [0.1, 0.15) is 35.3 Å². The number of carbonyl (C=O) groups is 2. The summed E-state index contributed by atoms with van der Waals surface area (Å²) in [7, 11) is 0. The molecule has 4 aromatic rings. The fraction of sp³-hybridized carbons (Fsp3) is 0.143. The number of amides is 2. The monoisotopic (exact) mass is 405 g/mol. The van der Waals surface area contributed by atoms with E-state index in [9.17, 15) is 9.59 Å². The maximum absolute atomic E-state index is 12.7. The van der Waals surface area contributed by atoms with Gasteiger partial charge in [-0.15, -0.1) is 11.3 Å². The quantitative estimate of drug-likeness (QED) is 0.442. The molecule has 2 amide bonds. The van der Waals surface area contributed by atoms with Crippen LogP contribution in [0.5, 0.6) is 0 Å². The minimum absolute atomic E-state index is 0.116. The third-order valence-electron chi connectivity index (χ3n) is 4.57. The van der Waals surface area contributed by atoms with E-state index in [0.29, 0.717) is 29.3 Å². The molecular weight excluding hydrogens is 386 g/mol. The molecule has 146 valence electrons. The Bertz CT molecular complexity index is 1140. The summed E-state index contributed by atoms with van der Waals surface area (Å²) >= 11 is 1.36. The molecule has 0 saturated heterocycles. The first kappa shape index (κ1) is 18.8. The summed E-state index contributed by atoms with van der Waals surface area (Å²) in [5, 5.41) is 7.35. The number of nitrogens with zero attached hydrogens (tertiary/aromatic N) is 2. The number of nitrogens with one attached hydrogen (secondary N) is 3. The van der Waals surface area contributed by atoms with Crippen molar-refractivity contribution in [3.8, 4) is 0 Å². The van der Waals surface area contributed by atoms with E-state index in [2.05, 4.69) is 25.6 Å². The molecule has 2 heterocycles. The van der Waals surface area contributed by atoms with Gasteiger partial charge in [0.25, 0.3) is 5.91 Å². The smallest absolute Gasteiger partial charge is 0.275 e. The largest absolute Gasteiger partial charge is 0.324 e. The van der Waals surface area contributed by atoms with E-state index in [1.807, 2.05) is 43.3 Å². The molecule has 8 heteroatoms. The van der Waals surface area contributed by atoms with Gasteiger partial charge in [0.2, 0.25) is 11.9 Å². The van der Waals surface area contributed by atoms with Crippen molar-refractivity contribution in [2.75, 3.05) is 10.6 Å². The maximum Gasteiger partial charge on any atom is 0.275 e. The Morgan fingerprint density at radius 1 is 1.14 bits per heavy atom. The Morgan fingerprint density at radius 2 is 1.97 bits per heavy atom. The number of imidazole rings is 1. The summed E-state index contributed by atoms with van der Waals surface area (Å²) in [6, 6.07) is 15.0. The third-order valence-corrected chi connectivity index (χ3v) is 5.16. The first-order valence-electron chi connectivity index (χ1n) is 9.19. The highest BCUT2D eigenvalue weighted by atomic mass is 32.1. The lowest BCUT2D eigenvalue weighted by atomic mass is 9.96. The van der Waals surface area contributed by atoms with Gasteiger partial charge in [0.1, 0.15) is 5.69 Å². The zero-order chi connectivity index (χ0) is 20.2. The van der Waals surface area contributed by atoms with E-state index < -0.39 is 0 Å². The van der Waals surface area contributed by atoms with Crippen LogP contribution in [0.25, 0.3) is 11.0 Å². The van der Waals surface area contributed by atoms with Gasteiger partial charge in [-0.1, -0.05) is 37.3 Å². The van der Waals surface area contributed by atoms with Gasteiger partial charge in [-0.25, -0.2) is 9.97 Å². The Hall–Kier alpha value is -3.52. The SMILES string of the molecule is CC[C@H](C(=O)Nc1nc2cc(NC(=O)c3cscn3)ccc2[nH]1)c1ccccc1. The van der Waals surface area contributed by atoms with Crippen LogP contribution in [0.15, 0.2) is 59.4 Å². The van der Waals surface area contributed by atoms with Crippen molar-refractivity contribution in [3.05, 3.63) is 70.7 Å². The summed E-state index contributed by atoms with van der Waals surface area (Å²) in [4.78, 5) is 36.4. The highest BCUT2D eigenvalue weighted by Crippen LogP contribution is 2.23. The highest BCUT2D eigenvalue weighted by molar-refractivity contribution is 7.07. The summed E-state index contributed by atoms with van der Waals surface area (Å²) in [6.07, 6.45) is 0.683. The first-order chi connectivity index (χ1) is 14.1. The number of anilines is 2. The minimum atomic E-state index is -0.275. The lowest BCUT2D eigenvalue weighted by molar-refractivity contribution is -0.117. The van der Waals surface area contributed by atoms with Crippen molar-refractivity contribution in [2.24, 2.45) is 0 Å². The second kappa shape index (κ2) is 8.24. The number of thiazole rings is 1. The van der Waals surface area contributed by atoms with Crippen molar-refractivity contribution in [3.63, 3.8) is 0 Å². The van der Waals surface area contributed by atoms with Crippen molar-refractivity contribution < 1.29 is 9.59 Å². The van der Waals surface area contributed by atoms with Crippen LogP contribution in [0.3, 0.4) is 0 Å². The Kier molecular flexibility index (Phi) is 5.35. The minimum Gasteiger partial charge on any atom is -0.324 e. The van der Waals surface area contributed by atoms with Crippen LogP contribution >= 0.6 is 11.3 Å². The highest BCUT2D eigenvalue weighted by Gasteiger charge is 2.19. The van der Waals surface area contributed by atoms with E-state index in [1.54, 1.807) is 23.0 Å². The number of hydrogen-bond donors (Lipinski definition) is 3. The van der Waals surface area contributed by atoms with Gasteiger partial charge in [0, 0.05) is 11.1 Å². The lowest BCUT2D eigenvalue weighted by Gasteiger charge is -2.14. The molecule has 0 saturated carbocycles. The van der Waals surface area contributed by atoms with Gasteiger partial charge in [0.15, 0.2) is 0 Å². The number of benzene rings is 2. The Balaban J connectivity index is 1.50. The van der Waals surface area contributed by atoms with Crippen LogP contribution in [0, 0.1) is 0 Å². The predicted octanol–water partition coefficient (Wildman–Crippen LogP) is 4.40. The molecule has 2 aromatic carbocycles. The summed E-state index contributed by atoms with van der Waals surface area (Å²) in [5.74, 6) is -0.266. The molecule has 0 unspecified atom stereocenters. The molecule has 0 spiro atoms. The molecule has 0 radical (unpaired) electrons. The van der Waals surface area contributed by atoms with Gasteiger partial charge in [-0.2, -0.15) is 0 Å². The standard InChI is InChI=1S/C21H19N5O2S/c1-2-15(13-6-4-3-5-7-13)19(27)26-21-24-16-9-8-14(10-17(16)25-21)23-20(28)18-11-29-12-22-18/h3-12,15H,2H2,1H3,(H,23,28)(H2,24,25,26,27)/t15-/m0/s1. The van der Waals surface area contributed by atoms with E-state index in [4.69, 9.17) is 0 Å². The zero-order valence-corrected chi connectivity index (χ0v) is 16.5. The summed E-state index contributed by atoms with van der Waals surface area (Å²) in [6.45, 7) is 1.98. The van der Waals surface area contributed by atoms with Gasteiger partial charge < -0.3 is 10.3 Å². The van der Waals surface area contributed by atoms with E-state index in [1.165, 1.54) is 11.3 Å². The van der Waals surface area contributed by atoms with Crippen molar-refractivity contribution in [2.45, 2.75) is 19.3 Å². The molecule has 0 aliphatic heterocycles. The van der Waals surface area contributed by atoms with Gasteiger partial charge in [-0.05, 0) is 30.2 Å². The van der Waals surface area contributed by atoms with Crippen molar-refractivity contribution >= 4 is 45.8 Å². The number of rotatable bonds is 6. The average Bonchev–Trinajstić information content (AvgIpc) is 3.38. The maximum atomic E-state index is 12.7. The second-order valence-electron chi connectivity index (χ2n) is 6.51. The molecule has 29 heavy (non-hydrogen) atoms. The van der Waals surface area contributed by atoms with Gasteiger partial charge in [-0.3, -0.25) is 14.9 Å². The summed E-state index contributed by atoms with van der Waals surface area (Å²) < 4.78 is 0. The molecule has 4 rings (SSSR count). The molecule has 0 aliphatic carbocycles. The van der Waals surface area contributed by atoms with Crippen LogP contribution < -0.4 is 10.6 Å². The van der Waals surface area contributed by atoms with Crippen LogP contribution in [-0.2, 0) is 4.79 Å². The molecular formula is C21H19N5O2S. The number of aromatic nitrogens is 3. The van der Waals surface area contributed by atoms with E-state index in [0.717, 1.165) is 11.1 Å². The molecule has 0 bridgehead atoms. The predicted molar refractivity (Wildman–Crippen MR) is 114 cm³/mol.